The normalized spacial score (nSPS) is 29.0. The number of rotatable bonds is 3. The van der Waals surface area contributed by atoms with Gasteiger partial charge in [0.1, 0.15) is 5.84 Å². The molecule has 3 atom stereocenters. The lowest BCUT2D eigenvalue weighted by Crippen LogP contribution is -2.55. The van der Waals surface area contributed by atoms with Crippen LogP contribution in [-0.2, 0) is 19.1 Å². The third-order valence-electron chi connectivity index (χ3n) is 3.72. The average molecular weight is 292 g/mol. The van der Waals surface area contributed by atoms with Crippen LogP contribution in [0.5, 0.6) is 0 Å². The first-order chi connectivity index (χ1) is 10.0. The van der Waals surface area contributed by atoms with Crippen molar-refractivity contribution < 1.29 is 19.1 Å². The van der Waals surface area contributed by atoms with Gasteiger partial charge in [0.2, 0.25) is 5.91 Å². The summed E-state index contributed by atoms with van der Waals surface area (Å²) in [5, 5.41) is 0. The minimum atomic E-state index is -0.866. The van der Waals surface area contributed by atoms with Crippen molar-refractivity contribution in [3.63, 3.8) is 0 Å². The Kier molecular flexibility index (Phi) is 4.57. The van der Waals surface area contributed by atoms with E-state index in [1.165, 1.54) is 7.11 Å². The molecular weight excluding hydrogens is 272 g/mol. The third kappa shape index (κ3) is 2.76. The lowest BCUT2D eigenvalue weighted by molar-refractivity contribution is -0.147. The Bertz CT molecular complexity index is 512. The minimum absolute atomic E-state index is 0.196. The summed E-state index contributed by atoms with van der Waals surface area (Å²) in [6.45, 7) is 10.1. The number of nitrogens with zero attached hydrogens (tertiary/aromatic N) is 2. The predicted molar refractivity (Wildman–Crippen MR) is 77.8 cm³/mol. The molecule has 3 unspecified atom stereocenters. The zero-order chi connectivity index (χ0) is 15.6. The van der Waals surface area contributed by atoms with Gasteiger partial charge in [-0.15, -0.1) is 6.58 Å². The van der Waals surface area contributed by atoms with Crippen LogP contribution in [0.1, 0.15) is 13.3 Å². The van der Waals surface area contributed by atoms with Crippen LogP contribution in [0.25, 0.3) is 0 Å². The van der Waals surface area contributed by atoms with Crippen molar-refractivity contribution >= 4 is 17.7 Å². The number of amidine groups is 1. The van der Waals surface area contributed by atoms with E-state index in [0.29, 0.717) is 31.0 Å². The molecule has 6 nitrogen and oxygen atoms in total. The van der Waals surface area contributed by atoms with E-state index < -0.39 is 17.9 Å². The van der Waals surface area contributed by atoms with E-state index in [-0.39, 0.29) is 11.9 Å². The Morgan fingerprint density at radius 1 is 1.57 bits per heavy atom. The highest BCUT2D eigenvalue weighted by molar-refractivity contribution is 6.06. The molecule has 0 bridgehead atoms. The summed E-state index contributed by atoms with van der Waals surface area (Å²) in [5.41, 5.74) is 0.589. The molecule has 0 aromatic rings. The summed E-state index contributed by atoms with van der Waals surface area (Å²) in [4.78, 5) is 30.8. The van der Waals surface area contributed by atoms with E-state index in [0.717, 1.165) is 0 Å². The number of hydrogen-bond acceptors (Lipinski definition) is 5. The first-order valence-corrected chi connectivity index (χ1v) is 6.84. The Morgan fingerprint density at radius 2 is 2.29 bits per heavy atom. The molecular formula is C15H20N2O4. The van der Waals surface area contributed by atoms with E-state index in [4.69, 9.17) is 9.47 Å². The van der Waals surface area contributed by atoms with Crippen LogP contribution in [0.3, 0.4) is 0 Å². The summed E-state index contributed by atoms with van der Waals surface area (Å²) >= 11 is 0. The van der Waals surface area contributed by atoms with Crippen molar-refractivity contribution in [1.82, 2.24) is 4.90 Å². The zero-order valence-electron chi connectivity index (χ0n) is 12.4. The first kappa shape index (κ1) is 15.4. The Morgan fingerprint density at radius 3 is 2.86 bits per heavy atom. The predicted octanol–water partition coefficient (Wildman–Crippen LogP) is 0.936. The molecule has 0 aliphatic carbocycles. The largest absolute Gasteiger partial charge is 0.467 e. The molecule has 2 aliphatic heterocycles. The van der Waals surface area contributed by atoms with Gasteiger partial charge in [-0.25, -0.2) is 4.79 Å². The quantitative estimate of drug-likeness (QED) is 0.573. The first-order valence-electron chi connectivity index (χ1n) is 6.84. The highest BCUT2D eigenvalue weighted by Gasteiger charge is 2.45. The third-order valence-corrected chi connectivity index (χ3v) is 3.72. The molecule has 2 heterocycles. The molecule has 6 heteroatoms. The maximum atomic E-state index is 12.8. The van der Waals surface area contributed by atoms with Gasteiger partial charge in [0.05, 0.1) is 32.3 Å². The molecule has 21 heavy (non-hydrogen) atoms. The van der Waals surface area contributed by atoms with Crippen LogP contribution in [0.4, 0.5) is 0 Å². The van der Waals surface area contributed by atoms with Gasteiger partial charge in [-0.05, 0) is 6.92 Å². The molecule has 1 saturated heterocycles. The fourth-order valence-corrected chi connectivity index (χ4v) is 2.65. The van der Waals surface area contributed by atoms with Gasteiger partial charge in [-0.2, -0.15) is 0 Å². The fraction of sp³-hybridized carbons (Fsp3) is 0.533. The number of aliphatic imine (C=N–C) groups is 1. The Labute approximate surface area is 124 Å². The number of carbonyl (C=O) groups is 2. The number of hydrogen-bond donors (Lipinski definition) is 0. The van der Waals surface area contributed by atoms with E-state index in [9.17, 15) is 9.59 Å². The van der Waals surface area contributed by atoms with Crippen molar-refractivity contribution in [1.29, 1.82) is 0 Å². The topological polar surface area (TPSA) is 68.2 Å². The SMILES string of the molecule is C=CC1COCCC2=NC(C(=O)OC)C(C(=C)C)C(=O)N21. The summed E-state index contributed by atoms with van der Waals surface area (Å²) < 4.78 is 10.2. The molecule has 0 aromatic heterocycles. The fourth-order valence-electron chi connectivity index (χ4n) is 2.65. The number of ether oxygens (including phenoxy) is 2. The smallest absolute Gasteiger partial charge is 0.331 e. The number of fused-ring (bicyclic) bond motifs is 1. The molecule has 0 spiro atoms. The number of carbonyl (C=O) groups excluding carboxylic acids is 2. The Hall–Kier alpha value is -1.95. The maximum absolute atomic E-state index is 12.8. The molecule has 0 radical (unpaired) electrons. The number of amides is 1. The highest BCUT2D eigenvalue weighted by Crippen LogP contribution is 2.29. The lowest BCUT2D eigenvalue weighted by atomic mass is 9.89. The van der Waals surface area contributed by atoms with Gasteiger partial charge in [0.15, 0.2) is 6.04 Å². The average Bonchev–Trinajstić information content (AvgIpc) is 2.67. The number of methoxy groups -OCH3 is 1. The molecule has 2 aliphatic rings. The molecule has 114 valence electrons. The molecule has 0 N–H and O–H groups in total. The second-order valence-electron chi connectivity index (χ2n) is 5.17. The van der Waals surface area contributed by atoms with E-state index in [1.54, 1.807) is 17.9 Å². The Balaban J connectivity index is 2.49. The molecule has 2 rings (SSSR count). The maximum Gasteiger partial charge on any atom is 0.331 e. The molecule has 0 saturated carbocycles. The van der Waals surface area contributed by atoms with Gasteiger partial charge >= 0.3 is 5.97 Å². The van der Waals surface area contributed by atoms with Crippen LogP contribution in [-0.4, -0.2) is 55.0 Å². The monoisotopic (exact) mass is 292 g/mol. The van der Waals surface area contributed by atoms with Gasteiger partial charge in [0, 0.05) is 6.42 Å². The van der Waals surface area contributed by atoms with Crippen LogP contribution < -0.4 is 0 Å². The number of esters is 1. The summed E-state index contributed by atoms with van der Waals surface area (Å²) in [5.74, 6) is -0.876. The van der Waals surface area contributed by atoms with Crippen molar-refractivity contribution in [3.05, 3.63) is 24.8 Å². The minimum Gasteiger partial charge on any atom is -0.467 e. The molecule has 0 aromatic carbocycles. The second-order valence-corrected chi connectivity index (χ2v) is 5.17. The van der Waals surface area contributed by atoms with Crippen molar-refractivity contribution in [3.8, 4) is 0 Å². The summed E-state index contributed by atoms with van der Waals surface area (Å²) in [6, 6.07) is -1.14. The standard InChI is InChI=1S/C15H20N2O4/c1-5-10-8-21-7-6-11-16-13(15(19)20-4)12(9(2)3)14(18)17(10)11/h5,10,12-13H,1-2,6-8H2,3-4H3. The van der Waals surface area contributed by atoms with Gasteiger partial charge in [-0.3, -0.25) is 14.7 Å². The van der Waals surface area contributed by atoms with E-state index in [1.807, 2.05) is 0 Å². The van der Waals surface area contributed by atoms with Crippen molar-refractivity contribution in [2.75, 3.05) is 20.3 Å². The van der Waals surface area contributed by atoms with Gasteiger partial charge < -0.3 is 9.47 Å². The van der Waals surface area contributed by atoms with E-state index in [2.05, 4.69) is 18.2 Å². The molecule has 1 amide bonds. The zero-order valence-corrected chi connectivity index (χ0v) is 12.4. The lowest BCUT2D eigenvalue weighted by Gasteiger charge is -2.37. The highest BCUT2D eigenvalue weighted by atomic mass is 16.5. The van der Waals surface area contributed by atoms with Crippen LogP contribution in [0.15, 0.2) is 29.8 Å². The van der Waals surface area contributed by atoms with Gasteiger partial charge in [-0.1, -0.05) is 18.2 Å². The van der Waals surface area contributed by atoms with Crippen LogP contribution in [0.2, 0.25) is 0 Å². The summed E-state index contributed by atoms with van der Waals surface area (Å²) in [6.07, 6.45) is 2.14. The van der Waals surface area contributed by atoms with Crippen LogP contribution >= 0.6 is 0 Å². The molecule has 1 fully saturated rings. The van der Waals surface area contributed by atoms with E-state index >= 15 is 0 Å². The van der Waals surface area contributed by atoms with Gasteiger partial charge in [0.25, 0.3) is 0 Å². The summed E-state index contributed by atoms with van der Waals surface area (Å²) in [7, 11) is 1.29. The van der Waals surface area contributed by atoms with Crippen LogP contribution in [0, 0.1) is 5.92 Å². The second kappa shape index (κ2) is 6.22. The van der Waals surface area contributed by atoms with Crippen molar-refractivity contribution in [2.45, 2.75) is 25.4 Å². The van der Waals surface area contributed by atoms with Crippen molar-refractivity contribution in [2.24, 2.45) is 10.9 Å².